The van der Waals surface area contributed by atoms with Crippen molar-refractivity contribution >= 4 is 33.8 Å². The zero-order valence-electron chi connectivity index (χ0n) is 3.08. The Morgan fingerprint density at radius 1 is 1.43 bits per heavy atom. The Hall–Kier alpha value is 0.210. The van der Waals surface area contributed by atoms with E-state index in [0.29, 0.717) is 10.6 Å². The van der Waals surface area contributed by atoms with Crippen molar-refractivity contribution in [1.82, 2.24) is 0 Å². The van der Waals surface area contributed by atoms with E-state index in [4.69, 9.17) is 23.2 Å². The van der Waals surface area contributed by atoms with Crippen LogP contribution in [0.25, 0.3) is 0 Å². The maximum absolute atomic E-state index is 5.18. The maximum atomic E-state index is 5.18. The molecule has 40 valence electrons. The largest absolute Gasteiger partial charge is 1.00 e. The number of hydrogen-bond donors (Lipinski definition) is 1. The van der Waals surface area contributed by atoms with Gasteiger partial charge in [-0.3, -0.25) is 0 Å². The lowest BCUT2D eigenvalue weighted by molar-refractivity contribution is -0.320. The van der Waals surface area contributed by atoms with Gasteiger partial charge >= 0.3 is 10.6 Å². The molecule has 2 nitrogen and oxygen atoms in total. The third-order valence-electron chi connectivity index (χ3n) is 0.403. The van der Waals surface area contributed by atoms with Crippen LogP contribution < -0.4 is 17.4 Å². The summed E-state index contributed by atoms with van der Waals surface area (Å²) in [7, 11) is 0. The van der Waals surface area contributed by atoms with Crippen molar-refractivity contribution in [1.29, 1.82) is 0 Å². The van der Waals surface area contributed by atoms with E-state index in [1.54, 1.807) is 0 Å². The van der Waals surface area contributed by atoms with Gasteiger partial charge in [0.2, 0.25) is 0 Å². The minimum atomic E-state index is 0. The lowest BCUT2D eigenvalue weighted by Gasteiger charge is -1.87. The Morgan fingerprint density at radius 2 is 1.86 bits per heavy atom. The molecule has 1 heterocycles. The second-order valence-electron chi connectivity index (χ2n) is 0.818. The van der Waals surface area contributed by atoms with Crippen LogP contribution in [0.5, 0.6) is 0 Å². The molecule has 0 amide bonds. The van der Waals surface area contributed by atoms with Crippen molar-refractivity contribution < 1.29 is 17.4 Å². The molecule has 1 aliphatic heterocycles. The number of hydrogen-bond acceptors (Lipinski definition) is 1. The molecule has 1 aliphatic rings. The second kappa shape index (κ2) is 2.50. The fraction of sp³-hybridized carbons (Fsp3) is 0. The first-order valence-electron chi connectivity index (χ1n) is 1.33. The van der Waals surface area contributed by atoms with Crippen LogP contribution in [0.3, 0.4) is 0 Å². The molecule has 0 aromatic rings. The van der Waals surface area contributed by atoms with Gasteiger partial charge in [-0.05, 0) is 28.2 Å². The van der Waals surface area contributed by atoms with Gasteiger partial charge in [-0.2, -0.15) is 0 Å². The van der Waals surface area contributed by atoms with Crippen LogP contribution in [0.1, 0.15) is 0 Å². The van der Waals surface area contributed by atoms with E-state index in [9.17, 15) is 0 Å². The van der Waals surface area contributed by atoms with Crippen molar-refractivity contribution in [3.05, 3.63) is 0 Å². The predicted molar refractivity (Wildman–Crippen MR) is 25.1 cm³/mol. The molecule has 0 fully saturated rings. The normalized spacial score (nSPS) is 15.7. The van der Waals surface area contributed by atoms with E-state index in [2.05, 4.69) is 9.98 Å². The molecular weight excluding hydrogens is 158 g/mol. The SMILES string of the molecule is ClC1=NC(Cl)=[NH+]1.[Cl-]. The molecule has 5 heteroatoms. The summed E-state index contributed by atoms with van der Waals surface area (Å²) in [5, 5.41) is 0.722. The number of nitrogens with one attached hydrogen (secondary N) is 1. The predicted octanol–water partition coefficient (Wildman–Crippen LogP) is -3.73. The van der Waals surface area contributed by atoms with E-state index in [-0.39, 0.29) is 12.4 Å². The molecule has 0 aliphatic carbocycles. The van der Waals surface area contributed by atoms with E-state index in [1.165, 1.54) is 0 Å². The molecule has 7 heavy (non-hydrogen) atoms. The maximum Gasteiger partial charge on any atom is 0.337 e. The number of aliphatic imine (C=N–C) groups is 1. The molecular formula is C2HCl3N2. The van der Waals surface area contributed by atoms with Crippen molar-refractivity contribution in [3.63, 3.8) is 0 Å². The summed E-state index contributed by atoms with van der Waals surface area (Å²) in [5.41, 5.74) is 0. The smallest absolute Gasteiger partial charge is 0.337 e. The lowest BCUT2D eigenvalue weighted by Crippen LogP contribution is -3.00. The zero-order chi connectivity index (χ0) is 4.57. The zero-order valence-corrected chi connectivity index (χ0v) is 5.35. The highest BCUT2D eigenvalue weighted by molar-refractivity contribution is 6.72. The summed E-state index contributed by atoms with van der Waals surface area (Å²) in [6.07, 6.45) is 0. The number of halogens is 3. The van der Waals surface area contributed by atoms with Crippen molar-refractivity contribution in [3.8, 4) is 0 Å². The highest BCUT2D eigenvalue weighted by Crippen LogP contribution is 1.85. The van der Waals surface area contributed by atoms with Gasteiger partial charge in [0.05, 0.1) is 0 Å². The van der Waals surface area contributed by atoms with Crippen molar-refractivity contribution in [2.24, 2.45) is 4.99 Å². The number of nitrogens with zero attached hydrogens (tertiary/aromatic N) is 1. The van der Waals surface area contributed by atoms with Gasteiger partial charge in [-0.25, -0.2) is 4.99 Å². The molecule has 0 atom stereocenters. The molecule has 0 unspecified atom stereocenters. The molecule has 0 saturated carbocycles. The Labute approximate surface area is 56.6 Å². The molecule has 0 saturated heterocycles. The quantitative estimate of drug-likeness (QED) is 0.352. The number of amidine groups is 2. The average molecular weight is 159 g/mol. The van der Waals surface area contributed by atoms with Crippen molar-refractivity contribution in [2.45, 2.75) is 0 Å². The fourth-order valence-corrected chi connectivity index (χ4v) is 0.614. The summed E-state index contributed by atoms with van der Waals surface area (Å²) >= 11 is 10.4. The first-order valence-corrected chi connectivity index (χ1v) is 2.08. The van der Waals surface area contributed by atoms with Crippen LogP contribution in [0, 0.1) is 0 Å². The van der Waals surface area contributed by atoms with Gasteiger partial charge in [0.1, 0.15) is 0 Å². The lowest BCUT2D eigenvalue weighted by atomic mass is 11.0. The van der Waals surface area contributed by atoms with Crippen molar-refractivity contribution in [2.75, 3.05) is 0 Å². The Kier molecular flexibility index (Phi) is 2.58. The third kappa shape index (κ3) is 1.63. The van der Waals surface area contributed by atoms with Gasteiger partial charge in [-0.1, -0.05) is 0 Å². The fourth-order valence-electron chi connectivity index (χ4n) is 0.174. The van der Waals surface area contributed by atoms with Crippen LogP contribution in [0.2, 0.25) is 0 Å². The first kappa shape index (κ1) is 7.21. The van der Waals surface area contributed by atoms with Crippen LogP contribution in [-0.4, -0.2) is 10.6 Å². The van der Waals surface area contributed by atoms with Crippen LogP contribution in [-0.2, 0) is 0 Å². The summed E-state index contributed by atoms with van der Waals surface area (Å²) in [6, 6.07) is 0. The highest BCUT2D eigenvalue weighted by atomic mass is 35.5. The molecule has 0 spiro atoms. The van der Waals surface area contributed by atoms with E-state index < -0.39 is 0 Å². The molecule has 1 N–H and O–H groups in total. The standard InChI is InChI=1S/C2Cl2N2.ClH/c3-1-5-2(4)6-1;/h;1H. The van der Waals surface area contributed by atoms with Gasteiger partial charge in [0.25, 0.3) is 0 Å². The number of rotatable bonds is 0. The molecule has 0 bridgehead atoms. The average Bonchev–Trinajstić information content (AvgIpc) is 1.33. The van der Waals surface area contributed by atoms with E-state index in [1.807, 2.05) is 0 Å². The summed E-state index contributed by atoms with van der Waals surface area (Å²) in [6.45, 7) is 0. The summed E-state index contributed by atoms with van der Waals surface area (Å²) in [5.74, 6) is 0. The van der Waals surface area contributed by atoms with Gasteiger partial charge < -0.3 is 12.4 Å². The monoisotopic (exact) mass is 158 g/mol. The van der Waals surface area contributed by atoms with Gasteiger partial charge in [0, 0.05) is 0 Å². The Bertz CT molecular complexity index is 105. The first-order chi connectivity index (χ1) is 2.79. The molecule has 1 rings (SSSR count). The molecule has 0 radical (unpaired) electrons. The van der Waals surface area contributed by atoms with Crippen LogP contribution >= 0.6 is 23.2 Å². The van der Waals surface area contributed by atoms with Crippen LogP contribution in [0.4, 0.5) is 0 Å². The Balaban J connectivity index is 0.000000360. The van der Waals surface area contributed by atoms with E-state index in [0.717, 1.165) is 0 Å². The Morgan fingerprint density at radius 3 is 1.86 bits per heavy atom. The van der Waals surface area contributed by atoms with Gasteiger partial charge in [0.15, 0.2) is 0 Å². The minimum Gasteiger partial charge on any atom is -1.00 e. The second-order valence-corrected chi connectivity index (χ2v) is 1.53. The van der Waals surface area contributed by atoms with E-state index >= 15 is 0 Å². The summed E-state index contributed by atoms with van der Waals surface area (Å²) < 4.78 is 0. The third-order valence-corrected chi connectivity index (χ3v) is 0.761. The van der Waals surface area contributed by atoms with Gasteiger partial charge in [-0.15, -0.1) is 0 Å². The molecule has 0 aromatic carbocycles. The summed E-state index contributed by atoms with van der Waals surface area (Å²) in [4.78, 5) is 5.98. The highest BCUT2D eigenvalue weighted by Gasteiger charge is 2.11. The topological polar surface area (TPSA) is 26.3 Å². The van der Waals surface area contributed by atoms with Crippen LogP contribution in [0.15, 0.2) is 4.99 Å². The minimum absolute atomic E-state index is 0. The molecule has 0 aromatic heterocycles.